The Morgan fingerprint density at radius 1 is 1.35 bits per heavy atom. The van der Waals surface area contributed by atoms with Gasteiger partial charge in [-0.05, 0) is 12.1 Å². The van der Waals surface area contributed by atoms with Crippen LogP contribution in [0.1, 0.15) is 11.3 Å². The van der Waals surface area contributed by atoms with Crippen molar-refractivity contribution in [1.29, 1.82) is 0 Å². The number of aromatic amines is 1. The molecule has 0 saturated heterocycles. The van der Waals surface area contributed by atoms with Gasteiger partial charge in [0.2, 0.25) is 0 Å². The maximum atomic E-state index is 13.1. The van der Waals surface area contributed by atoms with E-state index in [2.05, 4.69) is 4.98 Å². The Balaban J connectivity index is 2.60. The van der Waals surface area contributed by atoms with Gasteiger partial charge >= 0.3 is 6.18 Å². The summed E-state index contributed by atoms with van der Waals surface area (Å²) in [5, 5.41) is 0.422. The van der Waals surface area contributed by atoms with Gasteiger partial charge in [0.1, 0.15) is 0 Å². The molecule has 8 heteroatoms. The maximum Gasteiger partial charge on any atom is 0.418 e. The van der Waals surface area contributed by atoms with Crippen LogP contribution >= 0.6 is 0 Å². The Kier molecular flexibility index (Phi) is 4.55. The number of rotatable bonds is 4. The molecule has 0 fully saturated rings. The number of aromatic nitrogens is 1. The van der Waals surface area contributed by atoms with Crippen LogP contribution in [0.5, 0.6) is 0 Å². The number of nitrogens with zero attached hydrogens (tertiary/aromatic N) is 1. The molecule has 2 aromatic rings. The van der Waals surface area contributed by atoms with Crippen LogP contribution < -0.4 is 17.2 Å². The van der Waals surface area contributed by atoms with E-state index in [4.69, 9.17) is 17.2 Å². The number of H-pyrrole nitrogens is 1. The number of benzene rings is 1. The summed E-state index contributed by atoms with van der Waals surface area (Å²) in [6.07, 6.45) is -1.58. The second-order valence-corrected chi connectivity index (χ2v) is 4.97. The monoisotopic (exact) mass is 325 g/mol. The van der Waals surface area contributed by atoms with Crippen molar-refractivity contribution in [2.45, 2.75) is 6.18 Å². The molecule has 1 aromatic heterocycles. The molecule has 7 N–H and O–H groups in total. The molecule has 23 heavy (non-hydrogen) atoms. The summed E-state index contributed by atoms with van der Waals surface area (Å²) in [7, 11) is 1.70. The minimum Gasteiger partial charge on any atom is -0.403 e. The van der Waals surface area contributed by atoms with E-state index in [9.17, 15) is 13.2 Å². The minimum absolute atomic E-state index is 0.00802. The maximum absolute atomic E-state index is 13.1. The first-order valence-corrected chi connectivity index (χ1v) is 6.78. The number of nitrogens with one attached hydrogen (secondary N) is 1. The molecule has 0 aliphatic rings. The first-order chi connectivity index (χ1) is 10.8. The molecule has 0 bridgehead atoms. The predicted molar refractivity (Wildman–Crippen MR) is 84.6 cm³/mol. The van der Waals surface area contributed by atoms with Gasteiger partial charge in [0, 0.05) is 31.4 Å². The highest BCUT2D eigenvalue weighted by molar-refractivity contribution is 5.87. The van der Waals surface area contributed by atoms with Gasteiger partial charge in [0.05, 0.1) is 28.2 Å². The third kappa shape index (κ3) is 3.26. The van der Waals surface area contributed by atoms with Crippen LogP contribution in [0, 0.1) is 0 Å². The molecule has 0 aliphatic heterocycles. The summed E-state index contributed by atoms with van der Waals surface area (Å²) in [4.78, 5) is 4.36. The number of hydrogen-bond donors (Lipinski definition) is 4. The SMILES string of the molecule is CN(/C=C\N)/C(CN)=C(\N)c1cc2cccc(C(F)(F)F)c2[nH]1. The zero-order chi connectivity index (χ0) is 17.2. The highest BCUT2D eigenvalue weighted by Gasteiger charge is 2.33. The lowest BCUT2D eigenvalue weighted by atomic mass is 10.1. The van der Waals surface area contributed by atoms with Crippen LogP contribution in [0.15, 0.2) is 42.4 Å². The summed E-state index contributed by atoms with van der Waals surface area (Å²) >= 11 is 0. The van der Waals surface area contributed by atoms with Crippen LogP contribution in [-0.2, 0) is 6.18 Å². The summed E-state index contributed by atoms with van der Waals surface area (Å²) in [6.45, 7) is 0.105. The van der Waals surface area contributed by atoms with Crippen LogP contribution in [0.25, 0.3) is 16.6 Å². The Labute approximate surface area is 131 Å². The number of hydrogen-bond acceptors (Lipinski definition) is 4. The lowest BCUT2D eigenvalue weighted by Gasteiger charge is -2.19. The molecule has 0 atom stereocenters. The molecule has 0 spiro atoms. The summed E-state index contributed by atoms with van der Waals surface area (Å²) in [6, 6.07) is 5.53. The van der Waals surface area contributed by atoms with Gasteiger partial charge in [-0.15, -0.1) is 0 Å². The zero-order valence-corrected chi connectivity index (χ0v) is 12.5. The standard InChI is InChI=1S/C15H18F3N5/c1-23(6-5-19)12(8-20)13(21)11-7-9-3-2-4-10(14(9)22-11)15(16,17)18/h2-7,22H,8,19-21H2,1H3/b6-5-,13-12-. The Hall–Kier alpha value is -2.61. The zero-order valence-electron chi connectivity index (χ0n) is 12.5. The van der Waals surface area contributed by atoms with Crippen molar-refractivity contribution < 1.29 is 13.2 Å². The molecular weight excluding hydrogens is 307 g/mol. The van der Waals surface area contributed by atoms with Crippen molar-refractivity contribution in [3.05, 3.63) is 53.6 Å². The molecule has 0 radical (unpaired) electrons. The van der Waals surface area contributed by atoms with Gasteiger partial charge in [-0.2, -0.15) is 13.2 Å². The van der Waals surface area contributed by atoms with Gasteiger partial charge in [-0.1, -0.05) is 12.1 Å². The molecule has 5 nitrogen and oxygen atoms in total. The third-order valence-corrected chi connectivity index (χ3v) is 3.49. The van der Waals surface area contributed by atoms with E-state index >= 15 is 0 Å². The van der Waals surface area contributed by atoms with Gasteiger partial charge in [0.25, 0.3) is 0 Å². The highest BCUT2D eigenvalue weighted by Crippen LogP contribution is 2.35. The second kappa shape index (κ2) is 6.25. The number of likely N-dealkylation sites (N-methyl/N-ethyl adjacent to an activating group) is 1. The molecule has 124 valence electrons. The van der Waals surface area contributed by atoms with Crippen molar-refractivity contribution in [2.24, 2.45) is 17.2 Å². The number of nitrogens with two attached hydrogens (primary N) is 3. The van der Waals surface area contributed by atoms with E-state index in [0.29, 0.717) is 16.8 Å². The summed E-state index contributed by atoms with van der Waals surface area (Å²) in [5.74, 6) is 0. The molecule has 0 amide bonds. The second-order valence-electron chi connectivity index (χ2n) is 4.97. The van der Waals surface area contributed by atoms with Crippen LogP contribution in [0.3, 0.4) is 0 Å². The smallest absolute Gasteiger partial charge is 0.403 e. The summed E-state index contributed by atoms with van der Waals surface area (Å²) in [5.41, 5.74) is 17.5. The fourth-order valence-corrected chi connectivity index (χ4v) is 2.36. The average molecular weight is 325 g/mol. The van der Waals surface area contributed by atoms with Crippen LogP contribution in [0.4, 0.5) is 13.2 Å². The lowest BCUT2D eigenvalue weighted by molar-refractivity contribution is -0.136. The van der Waals surface area contributed by atoms with Crippen LogP contribution in [-0.4, -0.2) is 23.5 Å². The van der Waals surface area contributed by atoms with E-state index in [1.54, 1.807) is 30.3 Å². The molecule has 1 heterocycles. The predicted octanol–water partition coefficient (Wildman–Crippen LogP) is 2.13. The Morgan fingerprint density at radius 3 is 2.61 bits per heavy atom. The van der Waals surface area contributed by atoms with Gasteiger partial charge < -0.3 is 27.1 Å². The molecule has 0 aliphatic carbocycles. The van der Waals surface area contributed by atoms with Gasteiger partial charge in [-0.25, -0.2) is 0 Å². The Bertz CT molecular complexity index is 758. The first-order valence-electron chi connectivity index (χ1n) is 6.78. The lowest BCUT2D eigenvalue weighted by Crippen LogP contribution is -2.23. The van der Waals surface area contributed by atoms with E-state index in [-0.39, 0.29) is 17.8 Å². The fraction of sp³-hybridized carbons (Fsp3) is 0.200. The van der Waals surface area contributed by atoms with E-state index < -0.39 is 11.7 Å². The number of fused-ring (bicyclic) bond motifs is 1. The van der Waals surface area contributed by atoms with Crippen molar-refractivity contribution in [3.63, 3.8) is 0 Å². The van der Waals surface area contributed by atoms with Crippen molar-refractivity contribution in [3.8, 4) is 0 Å². The third-order valence-electron chi connectivity index (χ3n) is 3.49. The molecule has 2 rings (SSSR count). The average Bonchev–Trinajstić information content (AvgIpc) is 2.90. The number of alkyl halides is 3. The highest BCUT2D eigenvalue weighted by atomic mass is 19.4. The van der Waals surface area contributed by atoms with Crippen molar-refractivity contribution >= 4 is 16.6 Å². The molecule has 1 aromatic carbocycles. The minimum atomic E-state index is -4.45. The van der Waals surface area contributed by atoms with E-state index in [1.165, 1.54) is 12.3 Å². The topological polar surface area (TPSA) is 97.1 Å². The van der Waals surface area contributed by atoms with E-state index in [1.807, 2.05) is 0 Å². The van der Waals surface area contributed by atoms with E-state index in [0.717, 1.165) is 6.07 Å². The quantitative estimate of drug-likeness (QED) is 0.692. The number of halogens is 3. The van der Waals surface area contributed by atoms with Crippen LogP contribution in [0.2, 0.25) is 0 Å². The number of para-hydroxylation sites is 1. The fourth-order valence-electron chi connectivity index (χ4n) is 2.36. The first kappa shape index (κ1) is 16.8. The summed E-state index contributed by atoms with van der Waals surface area (Å²) < 4.78 is 39.2. The van der Waals surface area contributed by atoms with Gasteiger partial charge in [-0.3, -0.25) is 0 Å². The molecular formula is C15H18F3N5. The van der Waals surface area contributed by atoms with Crippen molar-refractivity contribution in [2.75, 3.05) is 13.6 Å². The normalized spacial score (nSPS) is 13.6. The molecule has 0 unspecified atom stereocenters. The van der Waals surface area contributed by atoms with Crippen molar-refractivity contribution in [1.82, 2.24) is 9.88 Å². The largest absolute Gasteiger partial charge is 0.418 e. The molecule has 0 saturated carbocycles. The van der Waals surface area contributed by atoms with Gasteiger partial charge in [0.15, 0.2) is 0 Å². The Morgan fingerprint density at radius 2 is 2.04 bits per heavy atom.